The maximum absolute atomic E-state index is 12.2. The third-order valence-electron chi connectivity index (χ3n) is 3.53. The molecule has 0 atom stereocenters. The molecule has 0 amide bonds. The second kappa shape index (κ2) is 5.58. The molecular formula is C14H19F2N. The molecule has 2 rings (SSSR count). The van der Waals surface area contributed by atoms with Gasteiger partial charge in [-0.3, -0.25) is 4.90 Å². The van der Waals surface area contributed by atoms with Gasteiger partial charge >= 0.3 is 0 Å². The molecule has 0 aromatic heterocycles. The highest BCUT2D eigenvalue weighted by molar-refractivity contribution is 5.24. The number of nitrogens with zero attached hydrogens (tertiary/aromatic N) is 1. The minimum Gasteiger partial charge on any atom is -0.298 e. The number of hydrogen-bond donors (Lipinski definition) is 0. The number of piperidine rings is 1. The van der Waals surface area contributed by atoms with E-state index in [1.807, 2.05) is 4.90 Å². The van der Waals surface area contributed by atoms with Gasteiger partial charge in [0.15, 0.2) is 0 Å². The molecule has 1 heterocycles. The van der Waals surface area contributed by atoms with E-state index in [4.69, 9.17) is 0 Å². The van der Waals surface area contributed by atoms with Crippen LogP contribution in [0.15, 0.2) is 24.3 Å². The molecule has 94 valence electrons. The average molecular weight is 239 g/mol. The molecule has 0 aliphatic carbocycles. The molecule has 0 saturated carbocycles. The number of rotatable bonds is 3. The maximum Gasteiger partial charge on any atom is 0.251 e. The summed E-state index contributed by atoms with van der Waals surface area (Å²) in [4.78, 5) is 1.87. The Bertz CT molecular complexity index is 340. The third kappa shape index (κ3) is 3.50. The van der Waals surface area contributed by atoms with Crippen LogP contribution in [0.2, 0.25) is 0 Å². The minimum atomic E-state index is -2.20. The lowest BCUT2D eigenvalue weighted by molar-refractivity contribution is 0.0754. The van der Waals surface area contributed by atoms with Gasteiger partial charge in [-0.05, 0) is 44.3 Å². The van der Waals surface area contributed by atoms with E-state index < -0.39 is 6.43 Å². The van der Waals surface area contributed by atoms with Crippen LogP contribution in [-0.4, -0.2) is 31.0 Å². The van der Waals surface area contributed by atoms with E-state index in [1.54, 1.807) is 0 Å². The van der Waals surface area contributed by atoms with Gasteiger partial charge in [0.05, 0.1) is 6.54 Å². The standard InChI is InChI=1S/C14H19F2N/c1-11-2-4-12(5-3-11)13-6-8-17(9-7-13)10-14(15)16/h2-5,13-14H,6-10H2,1H3. The topological polar surface area (TPSA) is 3.24 Å². The van der Waals surface area contributed by atoms with E-state index in [2.05, 4.69) is 31.2 Å². The molecule has 1 nitrogen and oxygen atoms in total. The number of halogens is 2. The Labute approximate surface area is 101 Å². The second-order valence-corrected chi connectivity index (χ2v) is 4.88. The summed E-state index contributed by atoms with van der Waals surface area (Å²) in [6, 6.07) is 8.59. The molecule has 0 N–H and O–H groups in total. The summed E-state index contributed by atoms with van der Waals surface area (Å²) in [5.41, 5.74) is 2.62. The Kier molecular flexibility index (Phi) is 4.11. The number of benzene rings is 1. The van der Waals surface area contributed by atoms with E-state index in [-0.39, 0.29) is 6.54 Å². The molecule has 1 aliphatic rings. The van der Waals surface area contributed by atoms with Crippen LogP contribution in [0.4, 0.5) is 8.78 Å². The lowest BCUT2D eigenvalue weighted by Gasteiger charge is -2.31. The van der Waals surface area contributed by atoms with Gasteiger partial charge in [-0.25, -0.2) is 8.78 Å². The predicted octanol–water partition coefficient (Wildman–Crippen LogP) is 3.44. The fourth-order valence-corrected chi connectivity index (χ4v) is 2.48. The molecule has 17 heavy (non-hydrogen) atoms. The highest BCUT2D eigenvalue weighted by Crippen LogP contribution is 2.28. The molecule has 1 aliphatic heterocycles. The van der Waals surface area contributed by atoms with Crippen molar-refractivity contribution in [3.63, 3.8) is 0 Å². The molecule has 0 bridgehead atoms. The van der Waals surface area contributed by atoms with Gasteiger partial charge in [0.1, 0.15) is 0 Å². The summed E-state index contributed by atoms with van der Waals surface area (Å²) in [6.45, 7) is 3.60. The Balaban J connectivity index is 1.88. The predicted molar refractivity (Wildman–Crippen MR) is 65.6 cm³/mol. The van der Waals surface area contributed by atoms with E-state index in [0.29, 0.717) is 5.92 Å². The van der Waals surface area contributed by atoms with Crippen molar-refractivity contribution in [2.24, 2.45) is 0 Å². The van der Waals surface area contributed by atoms with Crippen molar-refractivity contribution in [2.45, 2.75) is 32.1 Å². The summed E-state index contributed by atoms with van der Waals surface area (Å²) < 4.78 is 24.5. The fourth-order valence-electron chi connectivity index (χ4n) is 2.48. The average Bonchev–Trinajstić information content (AvgIpc) is 2.30. The Hall–Kier alpha value is -0.960. The van der Waals surface area contributed by atoms with E-state index in [0.717, 1.165) is 25.9 Å². The van der Waals surface area contributed by atoms with Gasteiger partial charge < -0.3 is 0 Å². The first-order valence-corrected chi connectivity index (χ1v) is 6.22. The summed E-state index contributed by atoms with van der Waals surface area (Å²) in [6.07, 6.45) is -0.211. The van der Waals surface area contributed by atoms with Crippen LogP contribution in [0, 0.1) is 6.92 Å². The van der Waals surface area contributed by atoms with Gasteiger partial charge in [0, 0.05) is 0 Å². The molecule has 1 aromatic carbocycles. The molecular weight excluding hydrogens is 220 g/mol. The summed E-state index contributed by atoms with van der Waals surface area (Å²) in [5.74, 6) is 0.546. The quantitative estimate of drug-likeness (QED) is 0.781. The third-order valence-corrected chi connectivity index (χ3v) is 3.53. The number of alkyl halides is 2. The normalized spacial score (nSPS) is 18.8. The molecule has 1 aromatic rings. The van der Waals surface area contributed by atoms with E-state index in [1.165, 1.54) is 11.1 Å². The molecule has 0 spiro atoms. The summed E-state index contributed by atoms with van der Waals surface area (Å²) >= 11 is 0. The van der Waals surface area contributed by atoms with Crippen LogP contribution in [0.5, 0.6) is 0 Å². The molecule has 0 radical (unpaired) electrons. The second-order valence-electron chi connectivity index (χ2n) is 4.88. The van der Waals surface area contributed by atoms with Gasteiger partial charge in [-0.2, -0.15) is 0 Å². The van der Waals surface area contributed by atoms with Crippen molar-refractivity contribution in [1.29, 1.82) is 0 Å². The summed E-state index contributed by atoms with van der Waals surface area (Å²) in [5, 5.41) is 0. The smallest absolute Gasteiger partial charge is 0.251 e. The number of hydrogen-bond acceptors (Lipinski definition) is 1. The zero-order valence-electron chi connectivity index (χ0n) is 10.2. The Morgan fingerprint density at radius 2 is 1.76 bits per heavy atom. The fraction of sp³-hybridized carbons (Fsp3) is 0.571. The van der Waals surface area contributed by atoms with Crippen LogP contribution >= 0.6 is 0 Å². The van der Waals surface area contributed by atoms with Gasteiger partial charge in [-0.15, -0.1) is 0 Å². The lowest BCUT2D eigenvalue weighted by Crippen LogP contribution is -2.36. The number of likely N-dealkylation sites (tertiary alicyclic amines) is 1. The van der Waals surface area contributed by atoms with Gasteiger partial charge in [0.25, 0.3) is 6.43 Å². The van der Waals surface area contributed by atoms with Crippen molar-refractivity contribution >= 4 is 0 Å². The van der Waals surface area contributed by atoms with Crippen molar-refractivity contribution in [1.82, 2.24) is 4.90 Å². The lowest BCUT2D eigenvalue weighted by atomic mass is 9.89. The van der Waals surface area contributed by atoms with Crippen LogP contribution < -0.4 is 0 Å². The first-order chi connectivity index (χ1) is 8.15. The van der Waals surface area contributed by atoms with Crippen LogP contribution in [0.1, 0.15) is 29.9 Å². The van der Waals surface area contributed by atoms with E-state index >= 15 is 0 Å². The van der Waals surface area contributed by atoms with Crippen molar-refractivity contribution in [2.75, 3.05) is 19.6 Å². The zero-order chi connectivity index (χ0) is 12.3. The van der Waals surface area contributed by atoms with Crippen molar-refractivity contribution in [3.05, 3.63) is 35.4 Å². The van der Waals surface area contributed by atoms with Crippen molar-refractivity contribution < 1.29 is 8.78 Å². The van der Waals surface area contributed by atoms with Crippen LogP contribution in [0.3, 0.4) is 0 Å². The minimum absolute atomic E-state index is 0.0688. The number of aryl methyl sites for hydroxylation is 1. The van der Waals surface area contributed by atoms with Crippen LogP contribution in [-0.2, 0) is 0 Å². The SMILES string of the molecule is Cc1ccc(C2CCN(CC(F)F)CC2)cc1. The van der Waals surface area contributed by atoms with E-state index in [9.17, 15) is 8.78 Å². The molecule has 1 saturated heterocycles. The first-order valence-electron chi connectivity index (χ1n) is 6.22. The zero-order valence-corrected chi connectivity index (χ0v) is 10.2. The van der Waals surface area contributed by atoms with Crippen LogP contribution in [0.25, 0.3) is 0 Å². The molecule has 0 unspecified atom stereocenters. The van der Waals surface area contributed by atoms with Gasteiger partial charge in [-0.1, -0.05) is 29.8 Å². The highest BCUT2D eigenvalue weighted by Gasteiger charge is 2.22. The summed E-state index contributed by atoms with van der Waals surface area (Å²) in [7, 11) is 0. The van der Waals surface area contributed by atoms with Gasteiger partial charge in [0.2, 0.25) is 0 Å². The van der Waals surface area contributed by atoms with Crippen molar-refractivity contribution in [3.8, 4) is 0 Å². The molecule has 1 fully saturated rings. The monoisotopic (exact) mass is 239 g/mol. The first kappa shape index (κ1) is 12.5. The molecule has 3 heteroatoms. The Morgan fingerprint density at radius 1 is 1.18 bits per heavy atom. The maximum atomic E-state index is 12.2. The Morgan fingerprint density at radius 3 is 2.29 bits per heavy atom. The highest BCUT2D eigenvalue weighted by atomic mass is 19.3. The largest absolute Gasteiger partial charge is 0.298 e.